The number of hydrogen-bond donors (Lipinski definition) is 1. The zero-order valence-corrected chi connectivity index (χ0v) is 33.9. The molecule has 4 aromatic rings. The second-order valence-corrected chi connectivity index (χ2v) is 14.5. The number of halogens is 3. The summed E-state index contributed by atoms with van der Waals surface area (Å²) in [5.41, 5.74) is 3.46. The van der Waals surface area contributed by atoms with Crippen LogP contribution in [0.2, 0.25) is 10.0 Å². The molecule has 54 heavy (non-hydrogen) atoms. The van der Waals surface area contributed by atoms with Gasteiger partial charge >= 0.3 is 0 Å². The van der Waals surface area contributed by atoms with E-state index in [1.165, 1.54) is 11.0 Å². The molecule has 5 rings (SSSR count). The Kier molecular flexibility index (Phi) is 14.7. The van der Waals surface area contributed by atoms with Gasteiger partial charge in [-0.05, 0) is 95.1 Å². The van der Waals surface area contributed by atoms with E-state index in [0.29, 0.717) is 43.0 Å². The van der Waals surface area contributed by atoms with Crippen LogP contribution in [0.25, 0.3) is 6.08 Å². The summed E-state index contributed by atoms with van der Waals surface area (Å²) in [7, 11) is 0. The minimum atomic E-state index is -0.735. The summed E-state index contributed by atoms with van der Waals surface area (Å²) in [6.45, 7) is 7.91. The Balaban J connectivity index is 1.42. The van der Waals surface area contributed by atoms with Crippen LogP contribution in [0.5, 0.6) is 11.5 Å². The molecule has 12 heteroatoms. The van der Waals surface area contributed by atoms with E-state index < -0.39 is 17.9 Å². The number of nitrogens with zero attached hydrogens (tertiary/aromatic N) is 2. The predicted octanol–water partition coefficient (Wildman–Crippen LogP) is 9.97. The van der Waals surface area contributed by atoms with Gasteiger partial charge < -0.3 is 14.8 Å². The molecular weight excluding hydrogens is 856 g/mol. The highest BCUT2D eigenvalue weighted by molar-refractivity contribution is 14.1. The van der Waals surface area contributed by atoms with Crippen molar-refractivity contribution in [1.82, 2.24) is 10.2 Å². The van der Waals surface area contributed by atoms with Crippen LogP contribution in [0.15, 0.2) is 138 Å². The van der Waals surface area contributed by atoms with Crippen LogP contribution >= 0.6 is 57.6 Å². The summed E-state index contributed by atoms with van der Waals surface area (Å²) < 4.78 is 12.8. The minimum absolute atomic E-state index is 0.0747. The number of carbonyl (C=O) groups is 3. The van der Waals surface area contributed by atoms with Crippen molar-refractivity contribution in [3.8, 4) is 11.5 Å². The van der Waals surface area contributed by atoms with Gasteiger partial charge in [-0.2, -0.15) is 4.99 Å². The van der Waals surface area contributed by atoms with Crippen LogP contribution in [0.3, 0.4) is 0 Å². The minimum Gasteiger partial charge on any atom is -0.490 e. The van der Waals surface area contributed by atoms with Crippen LogP contribution in [-0.2, 0) is 21.0 Å². The third-order valence-electron chi connectivity index (χ3n) is 7.92. The molecule has 1 aliphatic heterocycles. The SMILES string of the molecule is C=C/C=C\C(=C/C)N1C(=O)/C(=C/c2cc(I)c(OCc3ccc(Cl)c(Cl)c3)c(OCC)c2)C(=O)N=C1SCC(=O)NC(c1ccccc1)c1ccccc1. The van der Waals surface area contributed by atoms with Gasteiger partial charge in [-0.15, -0.1) is 0 Å². The Labute approximate surface area is 342 Å². The first kappa shape index (κ1) is 40.6. The number of aliphatic imine (C=N–C) groups is 1. The molecule has 4 aromatic carbocycles. The van der Waals surface area contributed by atoms with Crippen molar-refractivity contribution in [1.29, 1.82) is 0 Å². The molecule has 0 saturated carbocycles. The summed E-state index contributed by atoms with van der Waals surface area (Å²) >= 11 is 15.4. The van der Waals surface area contributed by atoms with Crippen molar-refractivity contribution >= 4 is 86.5 Å². The number of amides is 3. The molecule has 0 aliphatic carbocycles. The normalized spacial score (nSPS) is 14.1. The Morgan fingerprint density at radius 3 is 2.28 bits per heavy atom. The molecule has 1 heterocycles. The summed E-state index contributed by atoms with van der Waals surface area (Å²) in [6.07, 6.45) is 8.14. The van der Waals surface area contributed by atoms with Gasteiger partial charge in [0.15, 0.2) is 16.7 Å². The fourth-order valence-electron chi connectivity index (χ4n) is 5.42. The molecule has 276 valence electrons. The number of nitrogens with one attached hydrogen (secondary N) is 1. The van der Waals surface area contributed by atoms with Gasteiger partial charge in [-0.1, -0.05) is 127 Å². The van der Waals surface area contributed by atoms with Gasteiger partial charge in [0.2, 0.25) is 5.91 Å². The van der Waals surface area contributed by atoms with Gasteiger partial charge in [-0.3, -0.25) is 19.3 Å². The number of benzene rings is 4. The Hall–Kier alpha value is -4.62. The summed E-state index contributed by atoms with van der Waals surface area (Å²) in [4.78, 5) is 47.0. The van der Waals surface area contributed by atoms with E-state index in [9.17, 15) is 14.4 Å². The van der Waals surface area contributed by atoms with E-state index in [-0.39, 0.29) is 29.0 Å². The number of carbonyl (C=O) groups excluding carboxylic acids is 3. The first-order valence-corrected chi connectivity index (χ1v) is 19.6. The smallest absolute Gasteiger partial charge is 0.285 e. The third kappa shape index (κ3) is 10.3. The quantitative estimate of drug-likeness (QED) is 0.0586. The van der Waals surface area contributed by atoms with Crippen LogP contribution in [0, 0.1) is 3.57 Å². The molecule has 0 aromatic heterocycles. The van der Waals surface area contributed by atoms with Gasteiger partial charge in [0.1, 0.15) is 12.2 Å². The Morgan fingerprint density at radius 1 is 0.981 bits per heavy atom. The molecule has 3 amide bonds. The standard InChI is InChI=1S/C42H36Cl2IN3O5S/c1-4-7-18-31(5-2)48-41(51)32(21-28-23-35(45)39(36(24-28)52-6-3)53-25-27-19-20-33(43)34(44)22-27)40(50)47-42(48)54-26-37(49)46-38(29-14-10-8-11-15-29)30-16-12-9-13-17-30/h4-5,7-24,38H,1,6,25-26H2,2-3H3,(H,46,49)/b18-7-,31-5+,32-21+. The highest BCUT2D eigenvalue weighted by atomic mass is 127. The second-order valence-electron chi connectivity index (χ2n) is 11.6. The van der Waals surface area contributed by atoms with Crippen molar-refractivity contribution in [3.05, 3.63) is 169 Å². The number of ether oxygens (including phenoxy) is 2. The highest BCUT2D eigenvalue weighted by Gasteiger charge is 2.35. The van der Waals surface area contributed by atoms with Gasteiger partial charge in [-0.25, -0.2) is 0 Å². The lowest BCUT2D eigenvalue weighted by molar-refractivity contribution is -0.126. The molecule has 0 radical (unpaired) electrons. The van der Waals surface area contributed by atoms with E-state index in [1.54, 1.807) is 55.5 Å². The molecule has 0 fully saturated rings. The summed E-state index contributed by atoms with van der Waals surface area (Å²) in [5, 5.41) is 4.04. The maximum atomic E-state index is 14.2. The monoisotopic (exact) mass is 891 g/mol. The van der Waals surface area contributed by atoms with Gasteiger partial charge in [0.05, 0.1) is 32.0 Å². The highest BCUT2D eigenvalue weighted by Crippen LogP contribution is 2.37. The first-order chi connectivity index (χ1) is 26.1. The van der Waals surface area contributed by atoms with Crippen LogP contribution < -0.4 is 14.8 Å². The molecule has 0 atom stereocenters. The maximum absolute atomic E-state index is 14.2. The largest absolute Gasteiger partial charge is 0.490 e. The van der Waals surface area contributed by atoms with Gasteiger partial charge in [0, 0.05) is 5.70 Å². The van der Waals surface area contributed by atoms with Crippen molar-refractivity contribution in [2.75, 3.05) is 12.4 Å². The second kappa shape index (κ2) is 19.6. The average Bonchev–Trinajstić information content (AvgIpc) is 3.17. The topological polar surface area (TPSA) is 97.3 Å². The van der Waals surface area contributed by atoms with Gasteiger partial charge in [0.25, 0.3) is 11.8 Å². The lowest BCUT2D eigenvalue weighted by Gasteiger charge is -2.28. The molecule has 8 nitrogen and oxygen atoms in total. The third-order valence-corrected chi connectivity index (χ3v) is 10.4. The fourth-order valence-corrected chi connectivity index (χ4v) is 7.33. The van der Waals surface area contributed by atoms with E-state index in [4.69, 9.17) is 32.7 Å². The summed E-state index contributed by atoms with van der Waals surface area (Å²) in [5.74, 6) is -0.809. The summed E-state index contributed by atoms with van der Waals surface area (Å²) in [6, 6.07) is 27.6. The van der Waals surface area contributed by atoms with Crippen LogP contribution in [0.4, 0.5) is 0 Å². The first-order valence-electron chi connectivity index (χ1n) is 16.8. The number of rotatable bonds is 14. The number of thioether (sulfide) groups is 1. The molecule has 0 saturated heterocycles. The predicted molar refractivity (Wildman–Crippen MR) is 227 cm³/mol. The average molecular weight is 893 g/mol. The van der Waals surface area contributed by atoms with Crippen molar-refractivity contribution in [2.45, 2.75) is 26.5 Å². The van der Waals surface area contributed by atoms with Crippen molar-refractivity contribution in [2.24, 2.45) is 4.99 Å². The fraction of sp³-hybridized carbons (Fsp3) is 0.143. The zero-order chi connectivity index (χ0) is 38.6. The number of allylic oxidation sites excluding steroid dienone is 4. The van der Waals surface area contributed by atoms with Crippen LogP contribution in [-0.4, -0.2) is 40.1 Å². The maximum Gasteiger partial charge on any atom is 0.285 e. The van der Waals surface area contributed by atoms with E-state index >= 15 is 0 Å². The van der Waals surface area contributed by atoms with Crippen LogP contribution in [0.1, 0.15) is 42.1 Å². The molecule has 1 aliphatic rings. The Morgan fingerprint density at radius 2 is 1.67 bits per heavy atom. The van der Waals surface area contributed by atoms with E-state index in [1.807, 2.05) is 73.7 Å². The van der Waals surface area contributed by atoms with E-state index in [2.05, 4.69) is 39.5 Å². The molecule has 0 bridgehead atoms. The number of amidine groups is 1. The molecule has 1 N–H and O–H groups in total. The zero-order valence-electron chi connectivity index (χ0n) is 29.4. The number of hydrogen-bond acceptors (Lipinski definition) is 6. The molecule has 0 unspecified atom stereocenters. The molecular formula is C42H36Cl2IN3O5S. The lowest BCUT2D eigenvalue weighted by Crippen LogP contribution is -2.42. The van der Waals surface area contributed by atoms with E-state index in [0.717, 1.165) is 28.5 Å². The molecule has 0 spiro atoms. The van der Waals surface area contributed by atoms with Crippen molar-refractivity contribution in [3.63, 3.8) is 0 Å². The lowest BCUT2D eigenvalue weighted by atomic mass is 9.99. The van der Waals surface area contributed by atoms with Crippen molar-refractivity contribution < 1.29 is 23.9 Å². The Bertz CT molecular complexity index is 2120.